The molecule has 5 nitrogen and oxygen atoms in total. The summed E-state index contributed by atoms with van der Waals surface area (Å²) < 4.78 is 0. The third kappa shape index (κ3) is 2.14. The molecule has 6 heteroatoms. The predicted octanol–water partition coefficient (Wildman–Crippen LogP) is 4.13. The van der Waals surface area contributed by atoms with Crippen molar-refractivity contribution in [2.75, 3.05) is 4.90 Å². The lowest BCUT2D eigenvalue weighted by atomic mass is 9.54. The summed E-state index contributed by atoms with van der Waals surface area (Å²) in [6.45, 7) is 0. The minimum atomic E-state index is -1.13. The Morgan fingerprint density at radius 1 is 0.839 bits per heavy atom. The zero-order chi connectivity index (χ0) is 21.5. The van der Waals surface area contributed by atoms with Crippen LogP contribution in [0, 0.1) is 11.8 Å². The van der Waals surface area contributed by atoms with Crippen LogP contribution in [-0.2, 0) is 14.5 Å². The van der Waals surface area contributed by atoms with E-state index >= 15 is 0 Å². The van der Waals surface area contributed by atoms with Crippen LogP contribution in [0.1, 0.15) is 38.5 Å². The molecule has 0 aromatic heterocycles. The summed E-state index contributed by atoms with van der Waals surface area (Å²) in [5, 5.41) is 9.16. The van der Waals surface area contributed by atoms with Crippen molar-refractivity contribution in [3.8, 4) is 0 Å². The van der Waals surface area contributed by atoms with Crippen molar-refractivity contribution >= 4 is 35.1 Å². The maximum absolute atomic E-state index is 13.7. The summed E-state index contributed by atoms with van der Waals surface area (Å²) in [6, 6.07) is 21.4. The van der Waals surface area contributed by atoms with Crippen molar-refractivity contribution in [1.29, 1.82) is 0 Å². The van der Waals surface area contributed by atoms with E-state index in [2.05, 4.69) is 0 Å². The van der Waals surface area contributed by atoms with Crippen LogP contribution in [0.5, 0.6) is 0 Å². The molecule has 152 valence electrons. The molecule has 2 amide bonds. The van der Waals surface area contributed by atoms with Crippen LogP contribution in [0.15, 0.2) is 72.8 Å². The second-order valence-electron chi connectivity index (χ2n) is 8.23. The number of carboxylic acids is 1. The van der Waals surface area contributed by atoms with Gasteiger partial charge in [0.25, 0.3) is 0 Å². The summed E-state index contributed by atoms with van der Waals surface area (Å²) in [4.78, 5) is 38.6. The number of amides is 2. The van der Waals surface area contributed by atoms with Crippen LogP contribution >= 0.6 is 11.6 Å². The second-order valence-corrected chi connectivity index (χ2v) is 8.83. The van der Waals surface area contributed by atoms with Crippen molar-refractivity contribution in [2.24, 2.45) is 11.8 Å². The molecule has 2 atom stereocenters. The van der Waals surface area contributed by atoms with Gasteiger partial charge in [0.1, 0.15) is 4.87 Å². The first-order valence-corrected chi connectivity index (χ1v) is 10.4. The molecule has 3 aliphatic carbocycles. The quantitative estimate of drug-likeness (QED) is 0.491. The minimum Gasteiger partial charge on any atom is -0.478 e. The molecule has 1 heterocycles. The Bertz CT molecular complexity index is 1250. The van der Waals surface area contributed by atoms with Gasteiger partial charge in [-0.05, 0) is 46.5 Å². The van der Waals surface area contributed by atoms with E-state index in [0.717, 1.165) is 22.3 Å². The predicted molar refractivity (Wildman–Crippen MR) is 114 cm³/mol. The normalized spacial score (nSPS) is 27.6. The molecule has 1 saturated heterocycles. The standard InChI is InChI=1S/C25H16ClNO4/c26-25-17-7-3-1-5-15(17)19(16-6-2-4-8-18(16)25)20-21(25)23(29)27(22(20)28)14-11-9-13(10-12-14)24(30)31/h1-12,19-21H,(H,30,31)/t19?,20-,21-,25?/m1/s1. The first-order valence-electron chi connectivity index (χ1n) is 10.0. The van der Waals surface area contributed by atoms with E-state index in [4.69, 9.17) is 16.7 Å². The average molecular weight is 430 g/mol. The maximum atomic E-state index is 13.7. The number of imide groups is 1. The zero-order valence-corrected chi connectivity index (χ0v) is 16.9. The van der Waals surface area contributed by atoms with Gasteiger partial charge >= 0.3 is 5.97 Å². The highest BCUT2D eigenvalue weighted by Crippen LogP contribution is 2.65. The lowest BCUT2D eigenvalue weighted by Gasteiger charge is -2.50. The highest BCUT2D eigenvalue weighted by atomic mass is 35.5. The van der Waals surface area contributed by atoms with E-state index in [0.29, 0.717) is 5.69 Å². The van der Waals surface area contributed by atoms with Crippen LogP contribution in [0.4, 0.5) is 5.69 Å². The molecule has 1 fully saturated rings. The fourth-order valence-electron chi connectivity index (χ4n) is 5.69. The van der Waals surface area contributed by atoms with E-state index in [1.807, 2.05) is 48.5 Å². The summed E-state index contributed by atoms with van der Waals surface area (Å²) in [6.07, 6.45) is 0. The Kier molecular flexibility index (Phi) is 3.58. The van der Waals surface area contributed by atoms with E-state index in [1.54, 1.807) is 0 Å². The number of halogens is 1. The summed E-state index contributed by atoms with van der Waals surface area (Å²) in [5.74, 6) is -3.29. The SMILES string of the molecule is O=C(O)c1ccc(N2C(=O)[C@@H]3C4c5ccccc5C(Cl)(c5ccccc54)[C@H]3C2=O)cc1. The molecule has 0 spiro atoms. The molecule has 31 heavy (non-hydrogen) atoms. The van der Waals surface area contributed by atoms with Crippen molar-refractivity contribution < 1.29 is 19.5 Å². The van der Waals surface area contributed by atoms with E-state index in [9.17, 15) is 14.4 Å². The van der Waals surface area contributed by atoms with E-state index < -0.39 is 22.7 Å². The number of nitrogens with zero attached hydrogens (tertiary/aromatic N) is 1. The number of benzene rings is 3. The molecular weight excluding hydrogens is 414 g/mol. The molecule has 3 aromatic carbocycles. The van der Waals surface area contributed by atoms with Gasteiger partial charge in [0.05, 0.1) is 23.1 Å². The topological polar surface area (TPSA) is 74.7 Å². The van der Waals surface area contributed by atoms with Gasteiger partial charge in [-0.25, -0.2) is 9.69 Å². The monoisotopic (exact) mass is 429 g/mol. The van der Waals surface area contributed by atoms with Gasteiger partial charge in [-0.3, -0.25) is 9.59 Å². The lowest BCUT2D eigenvalue weighted by molar-refractivity contribution is -0.122. The van der Waals surface area contributed by atoms with Gasteiger partial charge in [-0.2, -0.15) is 0 Å². The van der Waals surface area contributed by atoms with Crippen molar-refractivity contribution in [3.63, 3.8) is 0 Å². The van der Waals surface area contributed by atoms with Gasteiger partial charge in [0, 0.05) is 5.92 Å². The van der Waals surface area contributed by atoms with Gasteiger partial charge < -0.3 is 5.11 Å². The van der Waals surface area contributed by atoms with Crippen molar-refractivity contribution in [1.82, 2.24) is 0 Å². The Labute approximate surface area is 182 Å². The smallest absolute Gasteiger partial charge is 0.335 e. The van der Waals surface area contributed by atoms with Crippen molar-refractivity contribution in [2.45, 2.75) is 10.8 Å². The number of rotatable bonds is 2. The second kappa shape index (κ2) is 6.05. The minimum absolute atomic E-state index is 0.0916. The Hall–Kier alpha value is -3.44. The lowest BCUT2D eigenvalue weighted by Crippen LogP contribution is -2.50. The van der Waals surface area contributed by atoms with Crippen LogP contribution in [-0.4, -0.2) is 22.9 Å². The summed E-state index contributed by atoms with van der Waals surface area (Å²) in [5.41, 5.74) is 4.19. The summed E-state index contributed by atoms with van der Waals surface area (Å²) in [7, 11) is 0. The molecule has 7 rings (SSSR count). The largest absolute Gasteiger partial charge is 0.478 e. The molecule has 4 aliphatic rings. The third-order valence-corrected chi connectivity index (χ3v) is 7.53. The number of carbonyl (C=O) groups is 3. The molecule has 0 radical (unpaired) electrons. The average Bonchev–Trinajstić information content (AvgIpc) is 3.06. The van der Waals surface area contributed by atoms with Gasteiger partial charge in [0.15, 0.2) is 0 Å². The molecule has 1 N–H and O–H groups in total. The zero-order valence-electron chi connectivity index (χ0n) is 16.2. The van der Waals surface area contributed by atoms with Gasteiger partial charge in [-0.15, -0.1) is 11.6 Å². The Morgan fingerprint density at radius 3 is 1.94 bits per heavy atom. The number of carboxylic acid groups (broad SMARTS) is 1. The maximum Gasteiger partial charge on any atom is 0.335 e. The Balaban J connectivity index is 1.55. The molecule has 0 saturated carbocycles. The number of carbonyl (C=O) groups excluding carboxylic acids is 2. The number of alkyl halides is 1. The van der Waals surface area contributed by atoms with Gasteiger partial charge in [-0.1, -0.05) is 48.5 Å². The summed E-state index contributed by atoms with van der Waals surface area (Å²) >= 11 is 7.36. The highest BCUT2D eigenvalue weighted by Gasteiger charge is 2.67. The molecule has 1 aliphatic heterocycles. The number of hydrogen-bond donors (Lipinski definition) is 1. The van der Waals surface area contributed by atoms with Crippen LogP contribution in [0.25, 0.3) is 0 Å². The third-order valence-electron chi connectivity index (χ3n) is 6.89. The van der Waals surface area contributed by atoms with Crippen LogP contribution < -0.4 is 4.90 Å². The van der Waals surface area contributed by atoms with Crippen molar-refractivity contribution in [3.05, 3.63) is 101 Å². The number of aromatic carboxylic acids is 1. The number of hydrogen-bond acceptors (Lipinski definition) is 3. The fourth-order valence-corrected chi connectivity index (χ4v) is 6.26. The number of anilines is 1. The molecule has 2 bridgehead atoms. The molecule has 0 unspecified atom stereocenters. The van der Waals surface area contributed by atoms with Crippen LogP contribution in [0.2, 0.25) is 0 Å². The molecular formula is C25H16ClNO4. The fraction of sp³-hybridized carbons (Fsp3) is 0.160. The van der Waals surface area contributed by atoms with E-state index in [-0.39, 0.29) is 23.3 Å². The Morgan fingerprint density at radius 2 is 1.39 bits per heavy atom. The first-order chi connectivity index (χ1) is 14.9. The first kappa shape index (κ1) is 18.3. The molecule has 3 aromatic rings. The van der Waals surface area contributed by atoms with Gasteiger partial charge in [0.2, 0.25) is 11.8 Å². The highest BCUT2D eigenvalue weighted by molar-refractivity contribution is 6.33. The van der Waals surface area contributed by atoms with E-state index in [1.165, 1.54) is 29.2 Å². The van der Waals surface area contributed by atoms with Crippen LogP contribution in [0.3, 0.4) is 0 Å².